The van der Waals surface area contributed by atoms with Gasteiger partial charge in [0.1, 0.15) is 0 Å². The van der Waals surface area contributed by atoms with Crippen LogP contribution in [0.2, 0.25) is 5.02 Å². The summed E-state index contributed by atoms with van der Waals surface area (Å²) in [5.74, 6) is 0.976. The number of carbonyl (C=O) groups excluding carboxylic acids is 1. The van der Waals surface area contributed by atoms with Crippen molar-refractivity contribution in [2.45, 2.75) is 25.4 Å². The normalized spacial score (nSPS) is 19.3. The third-order valence-electron chi connectivity index (χ3n) is 4.18. The average Bonchev–Trinajstić information content (AvgIpc) is 3.28. The fourth-order valence-electron chi connectivity index (χ4n) is 3.10. The Morgan fingerprint density at radius 3 is 3.13 bits per heavy atom. The fourth-order valence-corrected chi connectivity index (χ4v) is 3.36. The Kier molecular flexibility index (Phi) is 3.57. The van der Waals surface area contributed by atoms with Gasteiger partial charge in [0, 0.05) is 18.3 Å². The van der Waals surface area contributed by atoms with Crippen LogP contribution in [-0.2, 0) is 6.54 Å². The minimum Gasteiger partial charge on any atom is -0.454 e. The molecule has 1 amide bonds. The third-order valence-corrected chi connectivity index (χ3v) is 4.46. The van der Waals surface area contributed by atoms with Gasteiger partial charge in [0.15, 0.2) is 11.5 Å². The number of halogens is 1. The molecule has 0 aliphatic carbocycles. The highest BCUT2D eigenvalue weighted by Gasteiger charge is 2.31. The van der Waals surface area contributed by atoms with Crippen molar-refractivity contribution in [2.75, 3.05) is 13.3 Å². The molecule has 0 spiro atoms. The molecule has 1 aromatic heterocycles. The molecular weight excluding hydrogens is 320 g/mol. The lowest BCUT2D eigenvalue weighted by Crippen LogP contribution is -2.38. The third kappa shape index (κ3) is 2.61. The Bertz CT molecular complexity index is 735. The fraction of sp³-hybridized carbons (Fsp3) is 0.400. The van der Waals surface area contributed by atoms with Gasteiger partial charge in [-0.3, -0.25) is 9.48 Å². The van der Waals surface area contributed by atoms with E-state index in [1.54, 1.807) is 29.2 Å². The summed E-state index contributed by atoms with van der Waals surface area (Å²) in [6, 6.07) is 3.44. The van der Waals surface area contributed by atoms with E-state index in [0.29, 0.717) is 28.6 Å². The Balaban J connectivity index is 1.57. The van der Waals surface area contributed by atoms with Gasteiger partial charge >= 0.3 is 0 Å². The minimum absolute atomic E-state index is 0.0483. The first kappa shape index (κ1) is 14.3. The summed E-state index contributed by atoms with van der Waals surface area (Å²) in [7, 11) is 0. The maximum Gasteiger partial charge on any atom is 0.254 e. The van der Waals surface area contributed by atoms with E-state index in [-0.39, 0.29) is 18.7 Å². The lowest BCUT2D eigenvalue weighted by molar-refractivity contribution is 0.0720. The highest BCUT2D eigenvalue weighted by Crippen LogP contribution is 2.40. The first-order chi connectivity index (χ1) is 11.2. The van der Waals surface area contributed by atoms with Gasteiger partial charge in [0.25, 0.3) is 5.91 Å². The summed E-state index contributed by atoms with van der Waals surface area (Å²) in [6.45, 7) is 1.50. The largest absolute Gasteiger partial charge is 0.454 e. The van der Waals surface area contributed by atoms with E-state index < -0.39 is 0 Å². The zero-order valence-electron chi connectivity index (χ0n) is 12.3. The number of aromatic nitrogens is 3. The van der Waals surface area contributed by atoms with Crippen molar-refractivity contribution in [1.29, 1.82) is 0 Å². The van der Waals surface area contributed by atoms with Gasteiger partial charge in [-0.1, -0.05) is 16.8 Å². The number of carbonyl (C=O) groups is 1. The summed E-state index contributed by atoms with van der Waals surface area (Å²) in [5.41, 5.74) is 0.518. The topological polar surface area (TPSA) is 69.5 Å². The Hall–Kier alpha value is -2.28. The minimum atomic E-state index is -0.0483. The predicted octanol–water partition coefficient (Wildman–Crippen LogP) is 1.96. The highest BCUT2D eigenvalue weighted by molar-refractivity contribution is 6.32. The van der Waals surface area contributed by atoms with E-state index >= 15 is 0 Å². The summed E-state index contributed by atoms with van der Waals surface area (Å²) in [5, 5.41) is 8.18. The van der Waals surface area contributed by atoms with Crippen LogP contribution in [-0.4, -0.2) is 45.2 Å². The first-order valence-electron chi connectivity index (χ1n) is 7.46. The Morgan fingerprint density at radius 1 is 1.39 bits per heavy atom. The number of ether oxygens (including phenoxy) is 2. The number of nitrogens with zero attached hydrogens (tertiary/aromatic N) is 4. The van der Waals surface area contributed by atoms with Crippen LogP contribution in [0.5, 0.6) is 11.5 Å². The summed E-state index contributed by atoms with van der Waals surface area (Å²) >= 11 is 6.18. The maximum absolute atomic E-state index is 12.9. The van der Waals surface area contributed by atoms with Gasteiger partial charge in [-0.2, -0.15) is 0 Å². The standard InChI is InChI=1S/C15H15ClN4O3/c16-12-6-10(7-13-14(12)23-9-22-13)15(21)20-4-1-2-11(20)8-19-5-3-17-18-19/h3,5-7,11H,1-2,4,8-9H2/t11-/m0/s1. The Labute approximate surface area is 137 Å². The second-order valence-electron chi connectivity index (χ2n) is 5.61. The second kappa shape index (κ2) is 5.73. The van der Waals surface area contributed by atoms with Crippen LogP contribution in [0.4, 0.5) is 0 Å². The number of benzene rings is 1. The molecule has 8 heteroatoms. The van der Waals surface area contributed by atoms with Crippen molar-refractivity contribution >= 4 is 17.5 Å². The molecule has 1 saturated heterocycles. The van der Waals surface area contributed by atoms with Crippen molar-refractivity contribution < 1.29 is 14.3 Å². The zero-order valence-corrected chi connectivity index (χ0v) is 13.1. The molecule has 0 unspecified atom stereocenters. The monoisotopic (exact) mass is 334 g/mol. The van der Waals surface area contributed by atoms with Crippen LogP contribution < -0.4 is 9.47 Å². The lowest BCUT2D eigenvalue weighted by atomic mass is 10.1. The summed E-state index contributed by atoms with van der Waals surface area (Å²) < 4.78 is 12.4. The molecule has 1 atom stereocenters. The van der Waals surface area contributed by atoms with Gasteiger partial charge in [-0.25, -0.2) is 0 Å². The van der Waals surface area contributed by atoms with Gasteiger partial charge in [0.05, 0.1) is 23.8 Å². The molecule has 0 radical (unpaired) electrons. The van der Waals surface area contributed by atoms with E-state index in [4.69, 9.17) is 21.1 Å². The average molecular weight is 335 g/mol. The maximum atomic E-state index is 12.9. The highest BCUT2D eigenvalue weighted by atomic mass is 35.5. The Morgan fingerprint density at radius 2 is 2.30 bits per heavy atom. The van der Waals surface area contributed by atoms with Gasteiger partial charge in [0.2, 0.25) is 6.79 Å². The molecular formula is C15H15ClN4O3. The van der Waals surface area contributed by atoms with Crippen molar-refractivity contribution in [3.63, 3.8) is 0 Å². The number of hydrogen-bond donors (Lipinski definition) is 0. The van der Waals surface area contributed by atoms with E-state index in [2.05, 4.69) is 10.3 Å². The lowest BCUT2D eigenvalue weighted by Gasteiger charge is -2.24. The van der Waals surface area contributed by atoms with Gasteiger partial charge < -0.3 is 14.4 Å². The van der Waals surface area contributed by atoms with Crippen LogP contribution in [0.25, 0.3) is 0 Å². The second-order valence-corrected chi connectivity index (χ2v) is 6.02. The van der Waals surface area contributed by atoms with Crippen molar-refractivity contribution in [2.24, 2.45) is 0 Å². The number of hydrogen-bond acceptors (Lipinski definition) is 5. The molecule has 0 N–H and O–H groups in total. The molecule has 1 aromatic carbocycles. The van der Waals surface area contributed by atoms with Crippen molar-refractivity contribution in [3.05, 3.63) is 35.1 Å². The molecule has 2 aliphatic rings. The summed E-state index contributed by atoms with van der Waals surface area (Å²) in [4.78, 5) is 14.7. The molecule has 3 heterocycles. The molecule has 120 valence electrons. The SMILES string of the molecule is O=C(c1cc(Cl)c2c(c1)OCO2)N1CCC[C@H]1Cn1ccnn1. The van der Waals surface area contributed by atoms with Gasteiger partial charge in [-0.15, -0.1) is 5.10 Å². The first-order valence-corrected chi connectivity index (χ1v) is 7.84. The van der Waals surface area contributed by atoms with Crippen LogP contribution >= 0.6 is 11.6 Å². The molecule has 2 aromatic rings. The van der Waals surface area contributed by atoms with Crippen molar-refractivity contribution in [3.8, 4) is 11.5 Å². The summed E-state index contributed by atoms with van der Waals surface area (Å²) in [6.07, 6.45) is 5.37. The van der Waals surface area contributed by atoms with Crippen LogP contribution in [0, 0.1) is 0 Å². The molecule has 7 nitrogen and oxygen atoms in total. The van der Waals surface area contributed by atoms with Crippen LogP contribution in [0.1, 0.15) is 23.2 Å². The quantitative estimate of drug-likeness (QED) is 0.858. The van der Waals surface area contributed by atoms with E-state index in [0.717, 1.165) is 19.4 Å². The van der Waals surface area contributed by atoms with Crippen molar-refractivity contribution in [1.82, 2.24) is 19.9 Å². The van der Waals surface area contributed by atoms with Crippen LogP contribution in [0.15, 0.2) is 24.5 Å². The van der Waals surface area contributed by atoms with E-state index in [1.165, 1.54) is 0 Å². The molecule has 23 heavy (non-hydrogen) atoms. The number of amides is 1. The number of likely N-dealkylation sites (tertiary alicyclic amines) is 1. The number of rotatable bonds is 3. The smallest absolute Gasteiger partial charge is 0.254 e. The number of fused-ring (bicyclic) bond motifs is 1. The molecule has 1 fully saturated rings. The molecule has 4 rings (SSSR count). The predicted molar refractivity (Wildman–Crippen MR) is 81.7 cm³/mol. The zero-order chi connectivity index (χ0) is 15.8. The molecule has 0 bridgehead atoms. The van der Waals surface area contributed by atoms with E-state index in [1.807, 2.05) is 4.90 Å². The van der Waals surface area contributed by atoms with E-state index in [9.17, 15) is 4.79 Å². The molecule has 2 aliphatic heterocycles. The molecule has 0 saturated carbocycles. The van der Waals surface area contributed by atoms with Crippen LogP contribution in [0.3, 0.4) is 0 Å². The van der Waals surface area contributed by atoms with Gasteiger partial charge in [-0.05, 0) is 25.0 Å².